The largest absolute Gasteiger partial charge is 0.310 e. The van der Waals surface area contributed by atoms with Crippen LogP contribution in [0, 0.1) is 5.92 Å². The van der Waals surface area contributed by atoms with Gasteiger partial charge in [0.05, 0.1) is 0 Å². The SMILES string of the molecule is CC1CCC(N2CCCNC3(CCCCC3)C2)C1. The minimum Gasteiger partial charge on any atom is -0.310 e. The lowest BCUT2D eigenvalue weighted by molar-refractivity contribution is 0.127. The van der Waals surface area contributed by atoms with Crippen molar-refractivity contribution < 1.29 is 0 Å². The summed E-state index contributed by atoms with van der Waals surface area (Å²) in [5.41, 5.74) is 0.487. The molecule has 0 bridgehead atoms. The van der Waals surface area contributed by atoms with Gasteiger partial charge in [0, 0.05) is 18.1 Å². The van der Waals surface area contributed by atoms with Gasteiger partial charge in [0.15, 0.2) is 0 Å². The van der Waals surface area contributed by atoms with E-state index in [9.17, 15) is 0 Å². The maximum absolute atomic E-state index is 3.92. The first-order valence-electron chi connectivity index (χ1n) is 8.27. The van der Waals surface area contributed by atoms with E-state index in [4.69, 9.17) is 0 Å². The van der Waals surface area contributed by atoms with E-state index in [-0.39, 0.29) is 0 Å². The lowest BCUT2D eigenvalue weighted by Crippen LogP contribution is -2.54. The summed E-state index contributed by atoms with van der Waals surface area (Å²) in [6, 6.07) is 0.902. The molecule has 2 unspecified atom stereocenters. The molecule has 0 amide bonds. The zero-order valence-corrected chi connectivity index (χ0v) is 12.1. The Balaban J connectivity index is 1.67. The van der Waals surface area contributed by atoms with Gasteiger partial charge in [-0.1, -0.05) is 26.2 Å². The van der Waals surface area contributed by atoms with Gasteiger partial charge in [0.1, 0.15) is 0 Å². The Hall–Kier alpha value is -0.0800. The molecule has 3 rings (SSSR count). The van der Waals surface area contributed by atoms with Crippen LogP contribution in [-0.2, 0) is 0 Å². The molecule has 2 heteroatoms. The molecular weight excluding hydrogens is 220 g/mol. The van der Waals surface area contributed by atoms with Crippen LogP contribution in [0.2, 0.25) is 0 Å². The van der Waals surface area contributed by atoms with E-state index in [2.05, 4.69) is 17.1 Å². The predicted octanol–water partition coefficient (Wildman–Crippen LogP) is 3.17. The van der Waals surface area contributed by atoms with E-state index in [1.807, 2.05) is 0 Å². The summed E-state index contributed by atoms with van der Waals surface area (Å²) in [6.07, 6.45) is 12.9. The van der Waals surface area contributed by atoms with Crippen molar-refractivity contribution in [1.82, 2.24) is 10.2 Å². The Morgan fingerprint density at radius 1 is 1.06 bits per heavy atom. The molecule has 2 nitrogen and oxygen atoms in total. The number of nitrogens with one attached hydrogen (secondary N) is 1. The summed E-state index contributed by atoms with van der Waals surface area (Å²) in [6.45, 7) is 6.36. The van der Waals surface area contributed by atoms with Crippen molar-refractivity contribution in [2.45, 2.75) is 76.3 Å². The number of hydrogen-bond acceptors (Lipinski definition) is 2. The van der Waals surface area contributed by atoms with Crippen molar-refractivity contribution >= 4 is 0 Å². The van der Waals surface area contributed by atoms with Crippen LogP contribution in [0.15, 0.2) is 0 Å². The molecule has 1 N–H and O–H groups in total. The number of hydrogen-bond donors (Lipinski definition) is 1. The molecule has 1 spiro atoms. The monoisotopic (exact) mass is 250 g/mol. The molecule has 2 aliphatic carbocycles. The molecular formula is C16H30N2. The summed E-state index contributed by atoms with van der Waals surface area (Å²) >= 11 is 0. The quantitative estimate of drug-likeness (QED) is 0.769. The van der Waals surface area contributed by atoms with E-state index < -0.39 is 0 Å². The average Bonchev–Trinajstić information content (AvgIpc) is 2.71. The lowest BCUT2D eigenvalue weighted by Gasteiger charge is -2.41. The molecule has 0 aromatic rings. The third-order valence-electron chi connectivity index (χ3n) is 5.62. The maximum Gasteiger partial charge on any atom is 0.0308 e. The van der Waals surface area contributed by atoms with Crippen molar-refractivity contribution in [3.63, 3.8) is 0 Å². The Morgan fingerprint density at radius 3 is 2.61 bits per heavy atom. The molecule has 0 aromatic carbocycles. The highest BCUT2D eigenvalue weighted by atomic mass is 15.2. The summed E-state index contributed by atoms with van der Waals surface area (Å²) in [4.78, 5) is 2.86. The van der Waals surface area contributed by atoms with Gasteiger partial charge in [-0.25, -0.2) is 0 Å². The highest BCUT2D eigenvalue weighted by Crippen LogP contribution is 2.34. The van der Waals surface area contributed by atoms with Crippen molar-refractivity contribution in [2.75, 3.05) is 19.6 Å². The average molecular weight is 250 g/mol. The van der Waals surface area contributed by atoms with Crippen molar-refractivity contribution in [1.29, 1.82) is 0 Å². The molecule has 18 heavy (non-hydrogen) atoms. The van der Waals surface area contributed by atoms with Crippen LogP contribution >= 0.6 is 0 Å². The molecule has 1 aliphatic heterocycles. The molecule has 2 atom stereocenters. The van der Waals surface area contributed by atoms with Gasteiger partial charge in [-0.15, -0.1) is 0 Å². The van der Waals surface area contributed by atoms with Crippen LogP contribution in [-0.4, -0.2) is 36.1 Å². The Kier molecular flexibility index (Phi) is 3.95. The maximum atomic E-state index is 3.92. The third-order valence-corrected chi connectivity index (χ3v) is 5.62. The summed E-state index contributed by atoms with van der Waals surface area (Å²) in [5, 5.41) is 3.92. The van der Waals surface area contributed by atoms with Crippen molar-refractivity contribution in [2.24, 2.45) is 5.92 Å². The van der Waals surface area contributed by atoms with E-state index in [0.29, 0.717) is 5.54 Å². The van der Waals surface area contributed by atoms with Crippen LogP contribution in [0.3, 0.4) is 0 Å². The zero-order valence-electron chi connectivity index (χ0n) is 12.1. The second-order valence-electron chi connectivity index (χ2n) is 7.16. The highest BCUT2D eigenvalue weighted by molar-refractivity contribution is 4.97. The Labute approximate surface area is 113 Å². The smallest absolute Gasteiger partial charge is 0.0308 e. The minimum atomic E-state index is 0.487. The van der Waals surface area contributed by atoms with E-state index in [0.717, 1.165) is 12.0 Å². The lowest BCUT2D eigenvalue weighted by atomic mass is 9.81. The van der Waals surface area contributed by atoms with Crippen LogP contribution < -0.4 is 5.32 Å². The van der Waals surface area contributed by atoms with Gasteiger partial charge < -0.3 is 5.32 Å². The molecule has 0 aromatic heterocycles. The summed E-state index contributed by atoms with van der Waals surface area (Å²) in [5.74, 6) is 0.966. The summed E-state index contributed by atoms with van der Waals surface area (Å²) < 4.78 is 0. The fraction of sp³-hybridized carbons (Fsp3) is 1.00. The molecule has 1 saturated heterocycles. The highest BCUT2D eigenvalue weighted by Gasteiger charge is 2.38. The fourth-order valence-corrected chi connectivity index (χ4v) is 4.54. The van der Waals surface area contributed by atoms with Crippen LogP contribution in [0.1, 0.15) is 64.7 Å². The Bertz CT molecular complexity index is 270. The molecule has 3 fully saturated rings. The standard InChI is InChI=1S/C16H30N2/c1-14-6-7-15(12-14)18-11-5-10-17-16(13-18)8-3-2-4-9-16/h14-15,17H,2-13H2,1H3. The first-order valence-corrected chi connectivity index (χ1v) is 8.27. The minimum absolute atomic E-state index is 0.487. The second-order valence-corrected chi connectivity index (χ2v) is 7.16. The van der Waals surface area contributed by atoms with Crippen LogP contribution in [0.4, 0.5) is 0 Å². The number of rotatable bonds is 1. The van der Waals surface area contributed by atoms with Gasteiger partial charge in [-0.3, -0.25) is 4.90 Å². The van der Waals surface area contributed by atoms with Gasteiger partial charge in [-0.05, 0) is 57.5 Å². The molecule has 3 aliphatic rings. The van der Waals surface area contributed by atoms with Crippen LogP contribution in [0.5, 0.6) is 0 Å². The number of nitrogens with zero attached hydrogens (tertiary/aromatic N) is 1. The van der Waals surface area contributed by atoms with E-state index in [1.165, 1.54) is 77.4 Å². The van der Waals surface area contributed by atoms with E-state index in [1.54, 1.807) is 0 Å². The second kappa shape index (κ2) is 5.50. The topological polar surface area (TPSA) is 15.3 Å². The van der Waals surface area contributed by atoms with Crippen LogP contribution in [0.25, 0.3) is 0 Å². The normalized spacial score (nSPS) is 37.8. The molecule has 2 saturated carbocycles. The van der Waals surface area contributed by atoms with Crippen molar-refractivity contribution in [3.8, 4) is 0 Å². The zero-order chi connectivity index (χ0) is 12.4. The van der Waals surface area contributed by atoms with Gasteiger partial charge >= 0.3 is 0 Å². The Morgan fingerprint density at radius 2 is 1.89 bits per heavy atom. The van der Waals surface area contributed by atoms with Gasteiger partial charge in [-0.2, -0.15) is 0 Å². The van der Waals surface area contributed by atoms with E-state index >= 15 is 0 Å². The van der Waals surface area contributed by atoms with Crippen molar-refractivity contribution in [3.05, 3.63) is 0 Å². The molecule has 0 radical (unpaired) electrons. The third kappa shape index (κ3) is 2.75. The molecule has 1 heterocycles. The molecule has 104 valence electrons. The summed E-state index contributed by atoms with van der Waals surface area (Å²) in [7, 11) is 0. The van der Waals surface area contributed by atoms with Gasteiger partial charge in [0.2, 0.25) is 0 Å². The first-order chi connectivity index (χ1) is 8.77. The predicted molar refractivity (Wildman–Crippen MR) is 76.8 cm³/mol. The van der Waals surface area contributed by atoms with Gasteiger partial charge in [0.25, 0.3) is 0 Å². The first kappa shape index (κ1) is 12.9. The fourth-order valence-electron chi connectivity index (χ4n) is 4.54.